The summed E-state index contributed by atoms with van der Waals surface area (Å²) >= 11 is 0. The van der Waals surface area contributed by atoms with Crippen molar-refractivity contribution in [3.05, 3.63) is 29.3 Å². The number of nitrogens with one attached hydrogen (secondary N) is 1. The van der Waals surface area contributed by atoms with Gasteiger partial charge in [0.25, 0.3) is 5.91 Å². The third kappa shape index (κ3) is 5.45. The Bertz CT molecular complexity index is 504. The van der Waals surface area contributed by atoms with Gasteiger partial charge in [-0.15, -0.1) is 0 Å². The smallest absolute Gasteiger partial charge is 0.416 e. The average molecular weight is 329 g/mol. The summed E-state index contributed by atoms with van der Waals surface area (Å²) in [5.74, 6) is -1.33. The summed E-state index contributed by atoms with van der Waals surface area (Å²) in [7, 11) is 0. The quantitative estimate of drug-likeness (QED) is 0.857. The van der Waals surface area contributed by atoms with Crippen molar-refractivity contribution < 1.29 is 35.9 Å². The van der Waals surface area contributed by atoms with Crippen LogP contribution >= 0.6 is 0 Å². The molecule has 0 saturated heterocycles. The molecule has 1 N–H and O–H groups in total. The molecular formula is C13H13F6NO2. The summed E-state index contributed by atoms with van der Waals surface area (Å²) in [6, 6.07) is 0.583. The van der Waals surface area contributed by atoms with E-state index in [0.717, 1.165) is 0 Å². The molecule has 1 aromatic rings. The fraction of sp³-hybridized carbons (Fsp3) is 0.462. The predicted octanol–water partition coefficient (Wildman–Crippen LogP) is 3.63. The molecule has 22 heavy (non-hydrogen) atoms. The zero-order chi connectivity index (χ0) is 17.1. The molecule has 0 aliphatic heterocycles. The molecule has 124 valence electrons. The second kappa shape index (κ2) is 6.45. The van der Waals surface area contributed by atoms with E-state index in [0.29, 0.717) is 12.1 Å². The Kier molecular flexibility index (Phi) is 5.31. The molecule has 0 aliphatic carbocycles. The number of hydrogen-bond donors (Lipinski definition) is 1. The number of amides is 1. The number of halogens is 6. The normalized spacial score (nSPS) is 12.4. The minimum absolute atomic E-state index is 0.0128. The molecule has 1 aromatic carbocycles. The molecule has 0 heterocycles. The van der Waals surface area contributed by atoms with Crippen LogP contribution in [0.25, 0.3) is 0 Å². The minimum Gasteiger partial charge on any atom is -0.484 e. The predicted molar refractivity (Wildman–Crippen MR) is 65.2 cm³/mol. The lowest BCUT2D eigenvalue weighted by molar-refractivity contribution is -0.143. The standard InChI is InChI=1S/C13H13F6NO2/c1-7(2)20-11(21)6-22-10-4-8(12(14,15)16)3-9(5-10)13(17,18)19/h3-5,7H,6H2,1-2H3,(H,20,21). The van der Waals surface area contributed by atoms with Crippen molar-refractivity contribution in [1.82, 2.24) is 5.32 Å². The molecule has 0 spiro atoms. The number of ether oxygens (including phenoxy) is 1. The van der Waals surface area contributed by atoms with Gasteiger partial charge in [-0.25, -0.2) is 0 Å². The fourth-order valence-corrected chi connectivity index (χ4v) is 1.52. The Morgan fingerprint density at radius 1 is 1.05 bits per heavy atom. The van der Waals surface area contributed by atoms with Gasteiger partial charge in [-0.3, -0.25) is 4.79 Å². The summed E-state index contributed by atoms with van der Waals surface area (Å²) in [6.45, 7) is 2.60. The molecule has 0 unspecified atom stereocenters. The molecule has 1 amide bonds. The first-order valence-corrected chi connectivity index (χ1v) is 6.11. The highest BCUT2D eigenvalue weighted by Crippen LogP contribution is 2.38. The van der Waals surface area contributed by atoms with Gasteiger partial charge >= 0.3 is 12.4 Å². The first-order valence-electron chi connectivity index (χ1n) is 6.11. The van der Waals surface area contributed by atoms with Crippen molar-refractivity contribution in [2.75, 3.05) is 6.61 Å². The third-order valence-electron chi connectivity index (χ3n) is 2.38. The summed E-state index contributed by atoms with van der Waals surface area (Å²) in [5, 5.41) is 2.39. The Morgan fingerprint density at radius 2 is 1.50 bits per heavy atom. The SMILES string of the molecule is CC(C)NC(=O)COc1cc(C(F)(F)F)cc(C(F)(F)F)c1. The van der Waals surface area contributed by atoms with Gasteiger partial charge in [0.05, 0.1) is 11.1 Å². The van der Waals surface area contributed by atoms with Crippen LogP contribution in [0.5, 0.6) is 5.75 Å². The fourth-order valence-electron chi connectivity index (χ4n) is 1.52. The van der Waals surface area contributed by atoms with Gasteiger partial charge in [0, 0.05) is 6.04 Å². The summed E-state index contributed by atoms with van der Waals surface area (Å²) in [5.41, 5.74) is -3.00. The zero-order valence-electron chi connectivity index (χ0n) is 11.6. The number of rotatable bonds is 4. The Morgan fingerprint density at radius 3 is 1.86 bits per heavy atom. The molecule has 0 atom stereocenters. The topological polar surface area (TPSA) is 38.3 Å². The highest BCUT2D eigenvalue weighted by molar-refractivity contribution is 5.77. The molecule has 0 fully saturated rings. The van der Waals surface area contributed by atoms with E-state index >= 15 is 0 Å². The molecule has 0 bridgehead atoms. The van der Waals surface area contributed by atoms with Crippen LogP contribution in [0.1, 0.15) is 25.0 Å². The molecule has 0 aromatic heterocycles. The highest BCUT2D eigenvalue weighted by Gasteiger charge is 2.37. The number of carbonyl (C=O) groups excluding carboxylic acids is 1. The van der Waals surface area contributed by atoms with E-state index < -0.39 is 41.7 Å². The van der Waals surface area contributed by atoms with Crippen LogP contribution in [-0.2, 0) is 17.1 Å². The van der Waals surface area contributed by atoms with Crippen LogP contribution in [-0.4, -0.2) is 18.6 Å². The van der Waals surface area contributed by atoms with Gasteiger partial charge in [-0.05, 0) is 32.0 Å². The van der Waals surface area contributed by atoms with Crippen molar-refractivity contribution in [3.8, 4) is 5.75 Å². The molecule has 3 nitrogen and oxygen atoms in total. The van der Waals surface area contributed by atoms with E-state index in [4.69, 9.17) is 4.74 Å². The largest absolute Gasteiger partial charge is 0.484 e. The van der Waals surface area contributed by atoms with E-state index in [9.17, 15) is 31.1 Å². The van der Waals surface area contributed by atoms with Gasteiger partial charge in [0.15, 0.2) is 6.61 Å². The summed E-state index contributed by atoms with van der Waals surface area (Å²) in [6.07, 6.45) is -9.92. The van der Waals surface area contributed by atoms with Crippen molar-refractivity contribution in [1.29, 1.82) is 0 Å². The Hall–Kier alpha value is -1.93. The van der Waals surface area contributed by atoms with Crippen LogP contribution in [0.4, 0.5) is 26.3 Å². The second-order valence-corrected chi connectivity index (χ2v) is 4.75. The van der Waals surface area contributed by atoms with E-state index in [2.05, 4.69) is 5.32 Å². The van der Waals surface area contributed by atoms with Crippen molar-refractivity contribution in [3.63, 3.8) is 0 Å². The molecule has 1 rings (SSSR count). The van der Waals surface area contributed by atoms with Gasteiger partial charge in [0.1, 0.15) is 5.75 Å². The number of benzene rings is 1. The van der Waals surface area contributed by atoms with E-state index in [1.54, 1.807) is 13.8 Å². The van der Waals surface area contributed by atoms with Crippen molar-refractivity contribution in [2.24, 2.45) is 0 Å². The van der Waals surface area contributed by atoms with Crippen LogP contribution < -0.4 is 10.1 Å². The maximum absolute atomic E-state index is 12.6. The minimum atomic E-state index is -4.96. The van der Waals surface area contributed by atoms with E-state index in [-0.39, 0.29) is 12.1 Å². The maximum Gasteiger partial charge on any atom is 0.416 e. The Labute approximate surface area is 122 Å². The van der Waals surface area contributed by atoms with Crippen LogP contribution in [0.2, 0.25) is 0 Å². The van der Waals surface area contributed by atoms with Crippen molar-refractivity contribution >= 4 is 5.91 Å². The van der Waals surface area contributed by atoms with Crippen molar-refractivity contribution in [2.45, 2.75) is 32.2 Å². The molecule has 0 saturated carbocycles. The maximum atomic E-state index is 12.6. The summed E-state index contributed by atoms with van der Waals surface area (Å²) < 4.78 is 80.4. The first kappa shape index (κ1) is 18.1. The third-order valence-corrected chi connectivity index (χ3v) is 2.38. The van der Waals surface area contributed by atoms with Gasteiger partial charge in [-0.1, -0.05) is 0 Å². The zero-order valence-corrected chi connectivity index (χ0v) is 11.6. The molecular weight excluding hydrogens is 316 g/mol. The molecule has 0 radical (unpaired) electrons. The van der Waals surface area contributed by atoms with E-state index in [1.807, 2.05) is 0 Å². The number of hydrogen-bond acceptors (Lipinski definition) is 2. The van der Waals surface area contributed by atoms with Crippen LogP contribution in [0.3, 0.4) is 0 Å². The lowest BCUT2D eigenvalue weighted by Gasteiger charge is -2.15. The lowest BCUT2D eigenvalue weighted by atomic mass is 10.1. The van der Waals surface area contributed by atoms with E-state index in [1.165, 1.54) is 0 Å². The van der Waals surface area contributed by atoms with Crippen LogP contribution in [0.15, 0.2) is 18.2 Å². The number of alkyl halides is 6. The van der Waals surface area contributed by atoms with Gasteiger partial charge in [-0.2, -0.15) is 26.3 Å². The molecule has 0 aliphatic rings. The summed E-state index contributed by atoms with van der Waals surface area (Å²) in [4.78, 5) is 11.3. The molecule has 9 heteroatoms. The number of carbonyl (C=O) groups is 1. The first-order chi connectivity index (χ1) is 9.89. The highest BCUT2D eigenvalue weighted by atomic mass is 19.4. The lowest BCUT2D eigenvalue weighted by Crippen LogP contribution is -2.34. The van der Waals surface area contributed by atoms with Crippen LogP contribution in [0, 0.1) is 0 Å². The van der Waals surface area contributed by atoms with Gasteiger partial charge in [0.2, 0.25) is 0 Å². The Balaban J connectivity index is 3.01. The average Bonchev–Trinajstić information content (AvgIpc) is 2.33. The second-order valence-electron chi connectivity index (χ2n) is 4.75. The monoisotopic (exact) mass is 329 g/mol. The van der Waals surface area contributed by atoms with Gasteiger partial charge < -0.3 is 10.1 Å².